The number of alkyl halides is 2. The molecule has 0 fully saturated rings. The van der Waals surface area contributed by atoms with E-state index >= 15 is 0 Å². The molecule has 0 bridgehead atoms. The number of carbonyl (C=O) groups excluding carboxylic acids is 1. The Bertz CT molecular complexity index is 574. The van der Waals surface area contributed by atoms with Crippen molar-refractivity contribution in [3.63, 3.8) is 0 Å². The van der Waals surface area contributed by atoms with Gasteiger partial charge in [-0.3, -0.25) is 4.79 Å². The van der Waals surface area contributed by atoms with Crippen LogP contribution in [-0.2, 0) is 11.2 Å². The molecule has 0 saturated heterocycles. The summed E-state index contributed by atoms with van der Waals surface area (Å²) in [5, 5.41) is 15.9. The summed E-state index contributed by atoms with van der Waals surface area (Å²) in [6.45, 7) is -1.14. The van der Waals surface area contributed by atoms with Crippen LogP contribution in [0.4, 0.5) is 8.78 Å². The van der Waals surface area contributed by atoms with Gasteiger partial charge in [0.2, 0.25) is 5.91 Å². The van der Waals surface area contributed by atoms with Gasteiger partial charge < -0.3 is 10.1 Å². The number of hydrogen-bond acceptors (Lipinski definition) is 5. The molecule has 0 radical (unpaired) electrons. The van der Waals surface area contributed by atoms with Crippen molar-refractivity contribution in [3.8, 4) is 5.75 Å². The van der Waals surface area contributed by atoms with Crippen molar-refractivity contribution in [2.24, 2.45) is 0 Å². The van der Waals surface area contributed by atoms with Crippen molar-refractivity contribution in [3.05, 3.63) is 35.7 Å². The molecular weight excluding hydrogens is 284 g/mol. The Morgan fingerprint density at radius 2 is 2.10 bits per heavy atom. The normalized spacial score (nSPS) is 12.2. The first-order valence-electron chi connectivity index (χ1n) is 6.11. The highest BCUT2D eigenvalue weighted by molar-refractivity contribution is 5.78. The first-order valence-corrected chi connectivity index (χ1v) is 6.11. The fourth-order valence-corrected chi connectivity index (χ4v) is 1.68. The molecule has 1 aromatic heterocycles. The second kappa shape index (κ2) is 6.73. The van der Waals surface area contributed by atoms with Gasteiger partial charge in [0, 0.05) is 0 Å². The molecule has 0 aliphatic rings. The third-order valence-corrected chi connectivity index (χ3v) is 2.64. The minimum absolute atomic E-state index is 0.0503. The SMILES string of the molecule is CC(NC(=O)Cc1ccc(OC(F)F)cc1)c1nn[nH]n1. The van der Waals surface area contributed by atoms with E-state index in [1.165, 1.54) is 12.1 Å². The molecule has 0 aliphatic heterocycles. The highest BCUT2D eigenvalue weighted by Gasteiger charge is 2.13. The fraction of sp³-hybridized carbons (Fsp3) is 0.333. The number of amides is 1. The number of halogens is 2. The lowest BCUT2D eigenvalue weighted by atomic mass is 10.1. The van der Waals surface area contributed by atoms with Crippen molar-refractivity contribution in [2.75, 3.05) is 0 Å². The molecule has 7 nitrogen and oxygen atoms in total. The first kappa shape index (κ1) is 14.8. The van der Waals surface area contributed by atoms with Crippen LogP contribution >= 0.6 is 0 Å². The molecule has 9 heteroatoms. The maximum atomic E-state index is 12.0. The number of nitrogens with one attached hydrogen (secondary N) is 2. The van der Waals surface area contributed by atoms with Crippen LogP contribution in [0.5, 0.6) is 5.75 Å². The number of benzene rings is 1. The van der Waals surface area contributed by atoms with Crippen LogP contribution in [0.2, 0.25) is 0 Å². The van der Waals surface area contributed by atoms with Crippen LogP contribution in [0.15, 0.2) is 24.3 Å². The molecular formula is C12H13F2N5O2. The Morgan fingerprint density at radius 1 is 1.38 bits per heavy atom. The second-order valence-corrected chi connectivity index (χ2v) is 4.26. The van der Waals surface area contributed by atoms with Crippen molar-refractivity contribution in [1.29, 1.82) is 0 Å². The lowest BCUT2D eigenvalue weighted by molar-refractivity contribution is -0.121. The lowest BCUT2D eigenvalue weighted by Crippen LogP contribution is -2.28. The van der Waals surface area contributed by atoms with Gasteiger partial charge in [-0.05, 0) is 24.6 Å². The van der Waals surface area contributed by atoms with E-state index in [4.69, 9.17) is 0 Å². The standard InChI is InChI=1S/C12H13F2N5O2/c1-7(11-16-18-19-17-11)15-10(20)6-8-2-4-9(5-3-8)21-12(13)14/h2-5,7,12H,6H2,1H3,(H,15,20)(H,16,17,18,19). The molecule has 2 rings (SSSR count). The van der Waals surface area contributed by atoms with E-state index < -0.39 is 6.61 Å². The number of H-pyrrole nitrogens is 1. The number of aromatic amines is 1. The Morgan fingerprint density at radius 3 is 2.67 bits per heavy atom. The van der Waals surface area contributed by atoms with E-state index in [0.29, 0.717) is 11.4 Å². The Kier molecular flexibility index (Phi) is 4.75. The van der Waals surface area contributed by atoms with Gasteiger partial charge in [-0.1, -0.05) is 17.3 Å². The van der Waals surface area contributed by atoms with E-state index in [1.54, 1.807) is 19.1 Å². The van der Waals surface area contributed by atoms with Gasteiger partial charge >= 0.3 is 6.61 Å². The topological polar surface area (TPSA) is 92.8 Å². The summed E-state index contributed by atoms with van der Waals surface area (Å²) in [6, 6.07) is 5.50. The average Bonchev–Trinajstić information content (AvgIpc) is 2.94. The summed E-state index contributed by atoms with van der Waals surface area (Å²) >= 11 is 0. The predicted octanol–water partition coefficient (Wildman–Crippen LogP) is 1.22. The van der Waals surface area contributed by atoms with Gasteiger partial charge in [-0.25, -0.2) is 0 Å². The third-order valence-electron chi connectivity index (χ3n) is 2.64. The number of aromatic nitrogens is 4. The molecule has 2 aromatic rings. The third kappa shape index (κ3) is 4.48. The highest BCUT2D eigenvalue weighted by atomic mass is 19.3. The van der Waals surface area contributed by atoms with Crippen LogP contribution < -0.4 is 10.1 Å². The first-order chi connectivity index (χ1) is 10.0. The van der Waals surface area contributed by atoms with Gasteiger partial charge in [-0.15, -0.1) is 10.2 Å². The molecule has 0 aliphatic carbocycles. The van der Waals surface area contributed by atoms with Gasteiger partial charge in [0.05, 0.1) is 12.5 Å². The number of ether oxygens (including phenoxy) is 1. The van der Waals surface area contributed by atoms with Gasteiger partial charge in [0.25, 0.3) is 0 Å². The van der Waals surface area contributed by atoms with Crippen LogP contribution in [0.1, 0.15) is 24.4 Å². The zero-order chi connectivity index (χ0) is 15.2. The quantitative estimate of drug-likeness (QED) is 0.836. The van der Waals surface area contributed by atoms with Crippen molar-refractivity contribution < 1.29 is 18.3 Å². The number of nitrogens with zero attached hydrogens (tertiary/aromatic N) is 3. The number of tetrazole rings is 1. The van der Waals surface area contributed by atoms with Crippen LogP contribution in [-0.4, -0.2) is 33.1 Å². The Balaban J connectivity index is 1.87. The Labute approximate surface area is 118 Å². The minimum atomic E-state index is -2.87. The predicted molar refractivity (Wildman–Crippen MR) is 67.5 cm³/mol. The number of hydrogen-bond donors (Lipinski definition) is 2. The lowest BCUT2D eigenvalue weighted by Gasteiger charge is -2.10. The van der Waals surface area contributed by atoms with E-state index in [2.05, 4.69) is 30.7 Å². The van der Waals surface area contributed by atoms with Crippen molar-refractivity contribution in [1.82, 2.24) is 25.9 Å². The zero-order valence-electron chi connectivity index (χ0n) is 11.1. The summed E-state index contributed by atoms with van der Waals surface area (Å²) in [4.78, 5) is 11.8. The highest BCUT2D eigenvalue weighted by Crippen LogP contribution is 2.15. The molecule has 1 aromatic carbocycles. The maximum absolute atomic E-state index is 12.0. The molecule has 1 amide bonds. The minimum Gasteiger partial charge on any atom is -0.435 e. The molecule has 0 saturated carbocycles. The van der Waals surface area contributed by atoms with E-state index in [1.807, 2.05) is 0 Å². The summed E-state index contributed by atoms with van der Waals surface area (Å²) in [7, 11) is 0. The van der Waals surface area contributed by atoms with Gasteiger partial charge in [0.15, 0.2) is 5.82 Å². The fourth-order valence-electron chi connectivity index (χ4n) is 1.68. The summed E-state index contributed by atoms with van der Waals surface area (Å²) < 4.78 is 28.2. The average molecular weight is 297 g/mol. The van der Waals surface area contributed by atoms with Crippen molar-refractivity contribution in [2.45, 2.75) is 26.0 Å². The number of carbonyl (C=O) groups is 1. The zero-order valence-corrected chi connectivity index (χ0v) is 11.1. The smallest absolute Gasteiger partial charge is 0.387 e. The van der Waals surface area contributed by atoms with E-state index in [0.717, 1.165) is 0 Å². The summed E-state index contributed by atoms with van der Waals surface area (Å²) in [6.07, 6.45) is 0.108. The largest absolute Gasteiger partial charge is 0.435 e. The molecule has 1 atom stereocenters. The maximum Gasteiger partial charge on any atom is 0.387 e. The Hall–Kier alpha value is -2.58. The molecule has 21 heavy (non-hydrogen) atoms. The van der Waals surface area contributed by atoms with Crippen LogP contribution in [0.3, 0.4) is 0 Å². The second-order valence-electron chi connectivity index (χ2n) is 4.26. The van der Waals surface area contributed by atoms with E-state index in [-0.39, 0.29) is 24.1 Å². The molecule has 2 N–H and O–H groups in total. The summed E-state index contributed by atoms with van der Waals surface area (Å²) in [5.74, 6) is 0.188. The van der Waals surface area contributed by atoms with Crippen LogP contribution in [0.25, 0.3) is 0 Å². The summed E-state index contributed by atoms with van der Waals surface area (Å²) in [5.41, 5.74) is 0.675. The van der Waals surface area contributed by atoms with Gasteiger partial charge in [-0.2, -0.15) is 14.0 Å². The molecule has 1 unspecified atom stereocenters. The number of rotatable bonds is 6. The van der Waals surface area contributed by atoms with E-state index in [9.17, 15) is 13.6 Å². The molecule has 112 valence electrons. The molecule has 1 heterocycles. The van der Waals surface area contributed by atoms with Crippen LogP contribution in [0, 0.1) is 0 Å². The monoisotopic (exact) mass is 297 g/mol. The van der Waals surface area contributed by atoms with Gasteiger partial charge in [0.1, 0.15) is 5.75 Å². The van der Waals surface area contributed by atoms with Crippen molar-refractivity contribution >= 4 is 5.91 Å². The molecule has 0 spiro atoms.